The number of rotatable bonds is 4. The van der Waals surface area contributed by atoms with Crippen LogP contribution in [0.1, 0.15) is 31.0 Å². The molecule has 1 heterocycles. The summed E-state index contributed by atoms with van der Waals surface area (Å²) < 4.78 is 1.79. The van der Waals surface area contributed by atoms with Gasteiger partial charge in [0.15, 0.2) is 5.96 Å². The number of aliphatic imine (C=N–C) groups is 1. The third-order valence-electron chi connectivity index (χ3n) is 3.45. The molecule has 0 fully saturated rings. The minimum absolute atomic E-state index is 0.356. The van der Waals surface area contributed by atoms with Crippen LogP contribution in [0.2, 0.25) is 10.2 Å². The van der Waals surface area contributed by atoms with Crippen LogP contribution in [0.5, 0.6) is 0 Å². The molecule has 0 radical (unpaired) electrons. The zero-order valence-electron chi connectivity index (χ0n) is 12.9. The lowest BCUT2D eigenvalue weighted by Gasteiger charge is -2.10. The van der Waals surface area contributed by atoms with Gasteiger partial charge in [0.2, 0.25) is 0 Å². The van der Waals surface area contributed by atoms with Crippen LogP contribution in [0.15, 0.2) is 35.3 Å². The van der Waals surface area contributed by atoms with E-state index in [2.05, 4.69) is 36.3 Å². The van der Waals surface area contributed by atoms with Crippen LogP contribution in [0, 0.1) is 0 Å². The summed E-state index contributed by atoms with van der Waals surface area (Å²) in [5.74, 6) is 0.821. The van der Waals surface area contributed by atoms with Gasteiger partial charge in [0.25, 0.3) is 0 Å². The highest BCUT2D eigenvalue weighted by Crippen LogP contribution is 2.25. The number of nitrogens with zero attached hydrogens (tertiary/aromatic N) is 2. The van der Waals surface area contributed by atoms with E-state index in [1.165, 1.54) is 5.56 Å². The summed E-state index contributed by atoms with van der Waals surface area (Å²) >= 11 is 12.0. The number of hydrogen-bond donors (Lipinski definition) is 2. The maximum Gasteiger partial charge on any atom is 0.193 e. The maximum absolute atomic E-state index is 6.03. The minimum atomic E-state index is 0.356. The number of guanidine groups is 1. The van der Waals surface area contributed by atoms with Gasteiger partial charge in [0, 0.05) is 18.4 Å². The standard InChI is InChI=1S/C16H20Cl2N4/c1-10(2)11-5-4-6-12(7-11)21-16(19)20-9-13-8-14(17)15(18)22(13)3/h4-8,10H,9H2,1-3H3,(H3,19,20,21). The molecule has 0 bridgehead atoms. The average Bonchev–Trinajstić information content (AvgIpc) is 2.72. The van der Waals surface area contributed by atoms with Crippen molar-refractivity contribution < 1.29 is 0 Å². The number of aromatic nitrogens is 1. The van der Waals surface area contributed by atoms with E-state index in [9.17, 15) is 0 Å². The molecule has 0 aliphatic heterocycles. The van der Waals surface area contributed by atoms with Gasteiger partial charge in [0.05, 0.1) is 11.6 Å². The van der Waals surface area contributed by atoms with Gasteiger partial charge in [-0.05, 0) is 29.7 Å². The molecule has 2 rings (SSSR count). The molecule has 0 aliphatic rings. The van der Waals surface area contributed by atoms with Crippen LogP contribution in [0.25, 0.3) is 0 Å². The predicted molar refractivity (Wildman–Crippen MR) is 94.9 cm³/mol. The second-order valence-corrected chi connectivity index (χ2v) is 6.21. The number of nitrogens with two attached hydrogens (primary N) is 1. The van der Waals surface area contributed by atoms with Gasteiger partial charge in [-0.15, -0.1) is 0 Å². The quantitative estimate of drug-likeness (QED) is 0.641. The molecule has 22 heavy (non-hydrogen) atoms. The lowest BCUT2D eigenvalue weighted by molar-refractivity contribution is 0.825. The maximum atomic E-state index is 6.03. The van der Waals surface area contributed by atoms with Gasteiger partial charge in [-0.2, -0.15) is 0 Å². The number of nitrogens with one attached hydrogen (secondary N) is 1. The molecule has 0 saturated heterocycles. The van der Waals surface area contributed by atoms with Gasteiger partial charge in [-0.3, -0.25) is 0 Å². The summed E-state index contributed by atoms with van der Waals surface area (Å²) in [7, 11) is 1.84. The third kappa shape index (κ3) is 3.96. The van der Waals surface area contributed by atoms with Gasteiger partial charge in [-0.1, -0.05) is 49.2 Å². The first-order chi connectivity index (χ1) is 10.4. The minimum Gasteiger partial charge on any atom is -0.370 e. The number of anilines is 1. The Balaban J connectivity index is 2.07. The van der Waals surface area contributed by atoms with Crippen LogP contribution >= 0.6 is 23.2 Å². The molecular formula is C16H20Cl2N4. The summed E-state index contributed by atoms with van der Waals surface area (Å²) in [6, 6.07) is 9.92. The number of benzene rings is 1. The van der Waals surface area contributed by atoms with Crippen LogP contribution in [-0.4, -0.2) is 10.5 Å². The molecule has 1 aromatic carbocycles. The van der Waals surface area contributed by atoms with Crippen molar-refractivity contribution >= 4 is 34.8 Å². The van der Waals surface area contributed by atoms with Crippen molar-refractivity contribution in [3.63, 3.8) is 0 Å². The number of halogens is 2. The van der Waals surface area contributed by atoms with Crippen molar-refractivity contribution in [1.29, 1.82) is 0 Å². The molecule has 1 aromatic heterocycles. The highest BCUT2D eigenvalue weighted by atomic mass is 35.5. The summed E-state index contributed by atoms with van der Waals surface area (Å²) in [5, 5.41) is 4.12. The molecule has 3 N–H and O–H groups in total. The van der Waals surface area contributed by atoms with E-state index in [0.29, 0.717) is 28.6 Å². The molecule has 4 nitrogen and oxygen atoms in total. The molecule has 0 aliphatic carbocycles. The summed E-state index contributed by atoms with van der Waals surface area (Å²) in [5.41, 5.74) is 9.01. The molecule has 6 heteroatoms. The zero-order valence-corrected chi connectivity index (χ0v) is 14.4. The molecule has 0 amide bonds. The Bertz CT molecular complexity index is 689. The topological polar surface area (TPSA) is 55.3 Å². The van der Waals surface area contributed by atoms with E-state index >= 15 is 0 Å². The molecule has 2 aromatic rings. The van der Waals surface area contributed by atoms with Crippen LogP contribution in [0.4, 0.5) is 5.69 Å². The highest BCUT2D eigenvalue weighted by molar-refractivity contribution is 6.41. The second kappa shape index (κ2) is 7.07. The molecule has 0 unspecified atom stereocenters. The van der Waals surface area contributed by atoms with Crippen molar-refractivity contribution in [2.75, 3.05) is 5.32 Å². The van der Waals surface area contributed by atoms with Gasteiger partial charge < -0.3 is 15.6 Å². The Hall–Kier alpha value is -1.65. The fourth-order valence-corrected chi connectivity index (χ4v) is 2.49. The third-order valence-corrected chi connectivity index (χ3v) is 4.29. The average molecular weight is 339 g/mol. The second-order valence-electron chi connectivity index (χ2n) is 5.44. The van der Waals surface area contributed by atoms with E-state index in [4.69, 9.17) is 28.9 Å². The van der Waals surface area contributed by atoms with Gasteiger partial charge >= 0.3 is 0 Å². The SMILES string of the molecule is CC(C)c1cccc(NC(N)=NCc2cc(Cl)c(Cl)n2C)c1. The van der Waals surface area contributed by atoms with E-state index in [1.807, 2.05) is 19.2 Å². The van der Waals surface area contributed by atoms with Crippen molar-refractivity contribution in [2.24, 2.45) is 17.8 Å². The number of hydrogen-bond acceptors (Lipinski definition) is 1. The summed E-state index contributed by atoms with van der Waals surface area (Å²) in [6.45, 7) is 4.71. The first kappa shape index (κ1) is 16.7. The fraction of sp³-hybridized carbons (Fsp3) is 0.312. The monoisotopic (exact) mass is 338 g/mol. The summed E-state index contributed by atoms with van der Waals surface area (Å²) in [4.78, 5) is 4.32. The van der Waals surface area contributed by atoms with E-state index in [1.54, 1.807) is 10.6 Å². The highest BCUT2D eigenvalue weighted by Gasteiger charge is 2.08. The Morgan fingerprint density at radius 3 is 2.64 bits per heavy atom. The van der Waals surface area contributed by atoms with E-state index < -0.39 is 0 Å². The molecule has 0 atom stereocenters. The first-order valence-corrected chi connectivity index (χ1v) is 7.80. The van der Waals surface area contributed by atoms with Crippen LogP contribution in [0.3, 0.4) is 0 Å². The fourth-order valence-electron chi connectivity index (χ4n) is 2.07. The first-order valence-electron chi connectivity index (χ1n) is 7.05. The Morgan fingerprint density at radius 1 is 1.32 bits per heavy atom. The van der Waals surface area contributed by atoms with Crippen molar-refractivity contribution in [3.05, 3.63) is 51.8 Å². The van der Waals surface area contributed by atoms with Gasteiger partial charge in [0.1, 0.15) is 5.15 Å². The Kier molecular flexibility index (Phi) is 5.37. The lowest BCUT2D eigenvalue weighted by Crippen LogP contribution is -2.22. The van der Waals surface area contributed by atoms with E-state index in [0.717, 1.165) is 11.4 Å². The lowest BCUT2D eigenvalue weighted by atomic mass is 10.0. The Morgan fingerprint density at radius 2 is 2.05 bits per heavy atom. The smallest absolute Gasteiger partial charge is 0.193 e. The van der Waals surface area contributed by atoms with Gasteiger partial charge in [-0.25, -0.2) is 4.99 Å². The molecule has 118 valence electrons. The normalized spacial score (nSPS) is 12.0. The zero-order chi connectivity index (χ0) is 16.3. The molecular weight excluding hydrogens is 319 g/mol. The Labute approximate surface area is 140 Å². The van der Waals surface area contributed by atoms with Crippen molar-refractivity contribution in [3.8, 4) is 0 Å². The summed E-state index contributed by atoms with van der Waals surface area (Å²) in [6.07, 6.45) is 0. The predicted octanol–water partition coefficient (Wildman–Crippen LogP) is 4.38. The van der Waals surface area contributed by atoms with Crippen LogP contribution < -0.4 is 11.1 Å². The van der Waals surface area contributed by atoms with Crippen molar-refractivity contribution in [2.45, 2.75) is 26.3 Å². The van der Waals surface area contributed by atoms with E-state index in [-0.39, 0.29) is 0 Å². The van der Waals surface area contributed by atoms with Crippen molar-refractivity contribution in [1.82, 2.24) is 4.57 Å². The molecule has 0 spiro atoms. The molecule has 0 saturated carbocycles. The van der Waals surface area contributed by atoms with Crippen LogP contribution in [-0.2, 0) is 13.6 Å². The largest absolute Gasteiger partial charge is 0.370 e.